The first-order chi connectivity index (χ1) is 9.84. The summed E-state index contributed by atoms with van der Waals surface area (Å²) in [6.07, 6.45) is 12.0. The van der Waals surface area contributed by atoms with Crippen LogP contribution in [0.3, 0.4) is 0 Å². The molecule has 1 saturated carbocycles. The molecule has 3 rings (SSSR count). The molecule has 2 fully saturated rings. The van der Waals surface area contributed by atoms with Crippen molar-refractivity contribution in [2.75, 3.05) is 0 Å². The lowest BCUT2D eigenvalue weighted by atomic mass is 9.70. The van der Waals surface area contributed by atoms with Gasteiger partial charge in [-0.1, -0.05) is 30.7 Å². The summed E-state index contributed by atoms with van der Waals surface area (Å²) in [5.74, 6) is 1.52. The second kappa shape index (κ2) is 5.26. The van der Waals surface area contributed by atoms with E-state index in [9.17, 15) is 0 Å². The number of allylic oxidation sites excluding steroid dienone is 3. The van der Waals surface area contributed by atoms with Crippen molar-refractivity contribution in [3.05, 3.63) is 23.8 Å². The third-order valence-electron chi connectivity index (χ3n) is 6.75. The number of hydrogen-bond acceptors (Lipinski definition) is 1. The number of epoxide rings is 1. The Labute approximate surface area is 130 Å². The minimum absolute atomic E-state index is 0.174. The van der Waals surface area contributed by atoms with Crippen molar-refractivity contribution >= 4 is 0 Å². The van der Waals surface area contributed by atoms with Crippen LogP contribution in [0.25, 0.3) is 0 Å². The molecule has 1 heterocycles. The van der Waals surface area contributed by atoms with Gasteiger partial charge in [0.15, 0.2) is 0 Å². The van der Waals surface area contributed by atoms with Crippen LogP contribution in [0.2, 0.25) is 0 Å². The van der Waals surface area contributed by atoms with Crippen LogP contribution in [0.1, 0.15) is 72.6 Å². The zero-order chi connectivity index (χ0) is 15.3. The van der Waals surface area contributed by atoms with Gasteiger partial charge in [-0.25, -0.2) is 0 Å². The van der Waals surface area contributed by atoms with Crippen LogP contribution in [0.4, 0.5) is 0 Å². The Morgan fingerprint density at radius 2 is 2.00 bits per heavy atom. The highest BCUT2D eigenvalue weighted by atomic mass is 16.6. The van der Waals surface area contributed by atoms with Gasteiger partial charge in [-0.2, -0.15) is 0 Å². The van der Waals surface area contributed by atoms with Crippen LogP contribution in [-0.2, 0) is 4.74 Å². The molecule has 21 heavy (non-hydrogen) atoms. The van der Waals surface area contributed by atoms with E-state index in [0.29, 0.717) is 11.5 Å². The summed E-state index contributed by atoms with van der Waals surface area (Å²) >= 11 is 0. The topological polar surface area (TPSA) is 12.5 Å². The SMILES string of the molecule is C=C(C)[C@H]1CC[C@@]2(C)C/C=C(\C)CC[C@H]3O[C@]3(C)CC[C@H]12. The molecule has 118 valence electrons. The van der Waals surface area contributed by atoms with Gasteiger partial charge in [-0.05, 0) is 83.0 Å². The molecule has 0 amide bonds. The van der Waals surface area contributed by atoms with Crippen molar-refractivity contribution in [1.82, 2.24) is 0 Å². The third kappa shape index (κ3) is 2.86. The van der Waals surface area contributed by atoms with Crippen LogP contribution < -0.4 is 0 Å². The van der Waals surface area contributed by atoms with E-state index in [1.807, 2.05) is 0 Å². The lowest BCUT2D eigenvalue weighted by Crippen LogP contribution is -2.27. The van der Waals surface area contributed by atoms with E-state index in [1.165, 1.54) is 50.5 Å². The van der Waals surface area contributed by atoms with Gasteiger partial charge in [-0.3, -0.25) is 0 Å². The normalized spacial score (nSPS) is 49.3. The van der Waals surface area contributed by atoms with E-state index >= 15 is 0 Å². The zero-order valence-electron chi connectivity index (χ0n) is 14.4. The fourth-order valence-corrected chi connectivity index (χ4v) is 4.94. The van der Waals surface area contributed by atoms with Crippen LogP contribution in [0.5, 0.6) is 0 Å². The lowest BCUT2D eigenvalue weighted by molar-refractivity contribution is 0.173. The molecule has 0 radical (unpaired) electrons. The van der Waals surface area contributed by atoms with Crippen molar-refractivity contribution < 1.29 is 4.74 Å². The quantitative estimate of drug-likeness (QED) is 0.448. The Kier molecular flexibility index (Phi) is 3.84. The maximum atomic E-state index is 6.05. The molecule has 0 N–H and O–H groups in total. The number of fused-ring (bicyclic) bond motifs is 2. The highest BCUT2D eigenvalue weighted by Gasteiger charge is 2.53. The molecule has 0 bridgehead atoms. The van der Waals surface area contributed by atoms with Crippen LogP contribution in [0, 0.1) is 17.3 Å². The van der Waals surface area contributed by atoms with Crippen LogP contribution in [0.15, 0.2) is 23.8 Å². The highest BCUT2D eigenvalue weighted by molar-refractivity contribution is 5.13. The fraction of sp³-hybridized carbons (Fsp3) is 0.800. The molecule has 5 atom stereocenters. The molecule has 2 aliphatic carbocycles. The smallest absolute Gasteiger partial charge is 0.0920 e. The average molecular weight is 288 g/mol. The third-order valence-corrected chi connectivity index (χ3v) is 6.75. The molecule has 0 aromatic carbocycles. The minimum atomic E-state index is 0.174. The van der Waals surface area contributed by atoms with Crippen molar-refractivity contribution in [1.29, 1.82) is 0 Å². The fourth-order valence-electron chi connectivity index (χ4n) is 4.94. The van der Waals surface area contributed by atoms with Gasteiger partial charge in [0.1, 0.15) is 0 Å². The monoisotopic (exact) mass is 288 g/mol. The minimum Gasteiger partial charge on any atom is -0.366 e. The van der Waals surface area contributed by atoms with Crippen LogP contribution in [-0.4, -0.2) is 11.7 Å². The second-order valence-electron chi connectivity index (χ2n) is 8.50. The predicted molar refractivity (Wildman–Crippen MR) is 89.3 cm³/mol. The molecule has 0 unspecified atom stereocenters. The summed E-state index contributed by atoms with van der Waals surface area (Å²) in [6.45, 7) is 13.7. The first kappa shape index (κ1) is 15.3. The molecule has 0 aromatic heterocycles. The molecule has 3 aliphatic rings. The Bertz CT molecular complexity index is 462. The summed E-state index contributed by atoms with van der Waals surface area (Å²) in [7, 11) is 0. The van der Waals surface area contributed by atoms with Crippen molar-refractivity contribution in [2.45, 2.75) is 84.3 Å². The average Bonchev–Trinajstić information content (AvgIpc) is 2.94. The first-order valence-electron chi connectivity index (χ1n) is 8.83. The van der Waals surface area contributed by atoms with E-state index in [1.54, 1.807) is 5.57 Å². The molecule has 0 spiro atoms. The van der Waals surface area contributed by atoms with E-state index in [2.05, 4.69) is 40.3 Å². The van der Waals surface area contributed by atoms with E-state index in [0.717, 1.165) is 11.8 Å². The van der Waals surface area contributed by atoms with Gasteiger partial charge in [0, 0.05) is 0 Å². The van der Waals surface area contributed by atoms with Gasteiger partial charge in [0.05, 0.1) is 11.7 Å². The molecule has 1 heteroatoms. The standard InChI is InChI=1S/C20H32O/c1-14(2)16-9-12-19(4)11-8-15(3)6-7-18-20(5,21-18)13-10-17(16)19/h8,16-18H,1,6-7,9-13H2,2-5H3/b15-8+/t16-,17-,18-,19-,20-/m1/s1. The predicted octanol–water partition coefficient (Wildman–Crippen LogP) is 5.66. The molecule has 0 aromatic rings. The molecular weight excluding hydrogens is 256 g/mol. The Hall–Kier alpha value is -0.560. The van der Waals surface area contributed by atoms with E-state index in [4.69, 9.17) is 4.74 Å². The Balaban J connectivity index is 1.85. The second-order valence-corrected chi connectivity index (χ2v) is 8.50. The largest absolute Gasteiger partial charge is 0.366 e. The van der Waals surface area contributed by atoms with E-state index < -0.39 is 0 Å². The van der Waals surface area contributed by atoms with Gasteiger partial charge >= 0.3 is 0 Å². The van der Waals surface area contributed by atoms with Crippen molar-refractivity contribution in [3.63, 3.8) is 0 Å². The lowest BCUT2D eigenvalue weighted by Gasteiger charge is -2.34. The maximum Gasteiger partial charge on any atom is 0.0920 e. The van der Waals surface area contributed by atoms with Gasteiger partial charge in [-0.15, -0.1) is 0 Å². The highest BCUT2D eigenvalue weighted by Crippen LogP contribution is 2.56. The summed E-state index contributed by atoms with van der Waals surface area (Å²) in [5.41, 5.74) is 3.61. The summed E-state index contributed by atoms with van der Waals surface area (Å²) < 4.78 is 6.05. The van der Waals surface area contributed by atoms with Crippen molar-refractivity contribution in [3.8, 4) is 0 Å². The maximum absolute atomic E-state index is 6.05. The molecule has 1 saturated heterocycles. The summed E-state index contributed by atoms with van der Waals surface area (Å²) in [6, 6.07) is 0. The number of hydrogen-bond donors (Lipinski definition) is 0. The number of rotatable bonds is 1. The van der Waals surface area contributed by atoms with Crippen molar-refractivity contribution in [2.24, 2.45) is 17.3 Å². The van der Waals surface area contributed by atoms with Gasteiger partial charge in [0.2, 0.25) is 0 Å². The molecule has 1 nitrogen and oxygen atoms in total. The Morgan fingerprint density at radius 3 is 2.71 bits per heavy atom. The van der Waals surface area contributed by atoms with Gasteiger partial charge < -0.3 is 4.74 Å². The molecule has 1 aliphatic heterocycles. The number of ether oxygens (including phenoxy) is 1. The zero-order valence-corrected chi connectivity index (χ0v) is 14.4. The summed E-state index contributed by atoms with van der Waals surface area (Å²) in [4.78, 5) is 0. The molecular formula is C20H32O. The Morgan fingerprint density at radius 1 is 1.24 bits per heavy atom. The van der Waals surface area contributed by atoms with E-state index in [-0.39, 0.29) is 5.60 Å². The van der Waals surface area contributed by atoms with Gasteiger partial charge in [0.25, 0.3) is 0 Å². The summed E-state index contributed by atoms with van der Waals surface area (Å²) in [5, 5.41) is 0. The first-order valence-corrected chi connectivity index (χ1v) is 8.83. The van der Waals surface area contributed by atoms with Crippen LogP contribution >= 0.6 is 0 Å².